The van der Waals surface area contributed by atoms with Crippen molar-refractivity contribution in [2.45, 2.75) is 37.6 Å². The van der Waals surface area contributed by atoms with Crippen LogP contribution in [0.3, 0.4) is 0 Å². The van der Waals surface area contributed by atoms with E-state index in [0.717, 1.165) is 54.4 Å². The van der Waals surface area contributed by atoms with E-state index < -0.39 is 0 Å². The third-order valence-corrected chi connectivity index (χ3v) is 5.78. The van der Waals surface area contributed by atoms with Gasteiger partial charge in [-0.3, -0.25) is 4.40 Å². The monoisotopic (exact) mass is 360 g/mol. The smallest absolute Gasteiger partial charge is 0.165 e. The minimum absolute atomic E-state index is 0.417. The highest BCUT2D eigenvalue weighted by atomic mass is 15.3. The first-order chi connectivity index (χ1) is 13.4. The average Bonchev–Trinajstić information content (AvgIpc) is 3.33. The molecule has 5 heterocycles. The molecule has 136 valence electrons. The fourth-order valence-corrected chi connectivity index (χ4v) is 4.18. The first-order valence-corrected chi connectivity index (χ1v) is 9.60. The maximum Gasteiger partial charge on any atom is 0.165 e. The molecule has 2 aliphatic rings. The summed E-state index contributed by atoms with van der Waals surface area (Å²) in [7, 11) is 0. The summed E-state index contributed by atoms with van der Waals surface area (Å²) in [6, 6.07) is 6.60. The highest BCUT2D eigenvalue weighted by Crippen LogP contribution is 2.38. The Morgan fingerprint density at radius 3 is 2.67 bits per heavy atom. The van der Waals surface area contributed by atoms with Crippen molar-refractivity contribution in [2.24, 2.45) is 0 Å². The van der Waals surface area contributed by atoms with Crippen molar-refractivity contribution in [2.75, 3.05) is 18.0 Å². The zero-order valence-corrected chi connectivity index (χ0v) is 14.9. The van der Waals surface area contributed by atoms with E-state index in [1.807, 2.05) is 24.5 Å². The Bertz CT molecular complexity index is 1120. The van der Waals surface area contributed by atoms with Gasteiger partial charge in [0, 0.05) is 31.2 Å². The normalized spacial score (nSPS) is 18.6. The van der Waals surface area contributed by atoms with Crippen LogP contribution in [0.1, 0.15) is 43.5 Å². The second-order valence-corrected chi connectivity index (χ2v) is 7.50. The molecule has 0 spiro atoms. The molecule has 0 atom stereocenters. The molecule has 8 nitrogen and oxygen atoms in total. The number of pyridine rings is 1. The summed E-state index contributed by atoms with van der Waals surface area (Å²) in [5.74, 6) is 2.44. The van der Waals surface area contributed by atoms with Gasteiger partial charge in [0.1, 0.15) is 12.2 Å². The van der Waals surface area contributed by atoms with E-state index in [2.05, 4.69) is 45.2 Å². The SMILES string of the molecule is c1ccn2c(C3CCN(c4ncnc5c4ncn5C4CC4)CC3)nnc2c1. The zero-order chi connectivity index (χ0) is 17.8. The minimum Gasteiger partial charge on any atom is -0.355 e. The minimum atomic E-state index is 0.417. The van der Waals surface area contributed by atoms with E-state index >= 15 is 0 Å². The largest absolute Gasteiger partial charge is 0.355 e. The van der Waals surface area contributed by atoms with Crippen LogP contribution in [0.5, 0.6) is 0 Å². The molecule has 6 rings (SSSR count). The number of fused-ring (bicyclic) bond motifs is 2. The summed E-state index contributed by atoms with van der Waals surface area (Å²) in [4.78, 5) is 16.0. The number of anilines is 1. The van der Waals surface area contributed by atoms with Crippen LogP contribution >= 0.6 is 0 Å². The lowest BCUT2D eigenvalue weighted by Crippen LogP contribution is -2.34. The van der Waals surface area contributed by atoms with Crippen molar-refractivity contribution in [1.29, 1.82) is 0 Å². The van der Waals surface area contributed by atoms with Crippen LogP contribution in [-0.2, 0) is 0 Å². The number of hydrogen-bond donors (Lipinski definition) is 0. The molecule has 0 bridgehead atoms. The van der Waals surface area contributed by atoms with Crippen molar-refractivity contribution < 1.29 is 0 Å². The van der Waals surface area contributed by atoms with Gasteiger partial charge in [-0.1, -0.05) is 6.07 Å². The summed E-state index contributed by atoms with van der Waals surface area (Å²) in [6.07, 6.45) is 10.2. The summed E-state index contributed by atoms with van der Waals surface area (Å²) in [6.45, 7) is 1.88. The molecule has 0 amide bonds. The second-order valence-electron chi connectivity index (χ2n) is 7.50. The van der Waals surface area contributed by atoms with Gasteiger partial charge >= 0.3 is 0 Å². The summed E-state index contributed by atoms with van der Waals surface area (Å²) in [5, 5.41) is 8.75. The molecule has 8 heteroatoms. The highest BCUT2D eigenvalue weighted by molar-refractivity contribution is 5.83. The molecular weight excluding hydrogens is 340 g/mol. The number of piperidine rings is 1. The molecule has 0 unspecified atom stereocenters. The maximum atomic E-state index is 4.63. The summed E-state index contributed by atoms with van der Waals surface area (Å²) < 4.78 is 4.32. The maximum absolute atomic E-state index is 4.63. The van der Waals surface area contributed by atoms with E-state index in [-0.39, 0.29) is 0 Å². The molecular formula is C19H20N8. The number of nitrogens with zero attached hydrogens (tertiary/aromatic N) is 8. The zero-order valence-electron chi connectivity index (χ0n) is 14.9. The van der Waals surface area contributed by atoms with E-state index in [9.17, 15) is 0 Å². The third-order valence-electron chi connectivity index (χ3n) is 5.78. The first-order valence-electron chi connectivity index (χ1n) is 9.60. The van der Waals surface area contributed by atoms with Crippen molar-refractivity contribution in [3.8, 4) is 0 Å². The van der Waals surface area contributed by atoms with Gasteiger partial charge in [-0.2, -0.15) is 0 Å². The van der Waals surface area contributed by atoms with Gasteiger partial charge in [-0.15, -0.1) is 10.2 Å². The number of aromatic nitrogens is 7. The topological polar surface area (TPSA) is 77.0 Å². The summed E-state index contributed by atoms with van der Waals surface area (Å²) >= 11 is 0. The van der Waals surface area contributed by atoms with Crippen LogP contribution < -0.4 is 4.90 Å². The van der Waals surface area contributed by atoms with Crippen molar-refractivity contribution in [3.63, 3.8) is 0 Å². The van der Waals surface area contributed by atoms with Crippen LogP contribution in [0.25, 0.3) is 16.8 Å². The van der Waals surface area contributed by atoms with Gasteiger partial charge < -0.3 is 9.47 Å². The Morgan fingerprint density at radius 1 is 0.926 bits per heavy atom. The van der Waals surface area contributed by atoms with Crippen molar-refractivity contribution >= 4 is 22.6 Å². The van der Waals surface area contributed by atoms with Gasteiger partial charge in [0.15, 0.2) is 22.6 Å². The lowest BCUT2D eigenvalue weighted by Gasteiger charge is -2.32. The third kappa shape index (κ3) is 2.39. The number of hydrogen-bond acceptors (Lipinski definition) is 6. The van der Waals surface area contributed by atoms with Crippen LogP contribution in [0.2, 0.25) is 0 Å². The molecule has 1 aliphatic carbocycles. The Morgan fingerprint density at radius 2 is 1.81 bits per heavy atom. The van der Waals surface area contributed by atoms with Crippen LogP contribution in [-0.4, -0.2) is 47.2 Å². The van der Waals surface area contributed by atoms with Crippen molar-refractivity contribution in [1.82, 2.24) is 34.1 Å². The van der Waals surface area contributed by atoms with Crippen LogP contribution in [0.4, 0.5) is 5.82 Å². The fraction of sp³-hybridized carbons (Fsp3) is 0.421. The molecule has 4 aromatic rings. The Hall–Kier alpha value is -3.03. The standard InChI is InChI=1S/C19H20N8/c1-2-8-26-15(3-1)23-24-17(26)13-6-9-25(10-7-13)18-16-19(21-11-20-18)27(12-22-16)14-4-5-14/h1-3,8,11-14H,4-7,9-10H2. The molecule has 4 aromatic heterocycles. The molecule has 0 radical (unpaired) electrons. The first kappa shape index (κ1) is 15.1. The molecule has 1 aliphatic heterocycles. The Balaban J connectivity index is 1.27. The predicted octanol–water partition coefficient (Wildman–Crippen LogP) is 2.59. The molecule has 0 N–H and O–H groups in total. The Labute approximate surface area is 155 Å². The molecule has 1 saturated carbocycles. The number of rotatable bonds is 3. The second kappa shape index (κ2) is 5.73. The lowest BCUT2D eigenvalue weighted by atomic mass is 9.96. The van der Waals surface area contributed by atoms with E-state index in [0.29, 0.717) is 12.0 Å². The van der Waals surface area contributed by atoms with Crippen LogP contribution in [0.15, 0.2) is 37.1 Å². The fourth-order valence-electron chi connectivity index (χ4n) is 4.18. The number of imidazole rings is 1. The highest BCUT2D eigenvalue weighted by Gasteiger charge is 2.29. The van der Waals surface area contributed by atoms with Gasteiger partial charge in [0.2, 0.25) is 0 Å². The van der Waals surface area contributed by atoms with Crippen molar-refractivity contribution in [3.05, 3.63) is 42.9 Å². The lowest BCUT2D eigenvalue weighted by molar-refractivity contribution is 0.481. The Kier molecular flexibility index (Phi) is 3.20. The van der Waals surface area contributed by atoms with Gasteiger partial charge in [0.25, 0.3) is 0 Å². The molecule has 2 fully saturated rings. The van der Waals surface area contributed by atoms with E-state index in [1.54, 1.807) is 6.33 Å². The predicted molar refractivity (Wildman–Crippen MR) is 101 cm³/mol. The van der Waals surface area contributed by atoms with Crippen LogP contribution in [0, 0.1) is 0 Å². The quantitative estimate of drug-likeness (QED) is 0.559. The summed E-state index contributed by atoms with van der Waals surface area (Å²) in [5.41, 5.74) is 2.81. The van der Waals surface area contributed by atoms with Gasteiger partial charge in [-0.25, -0.2) is 15.0 Å². The molecule has 0 aromatic carbocycles. The van der Waals surface area contributed by atoms with Gasteiger partial charge in [0.05, 0.1) is 6.33 Å². The van der Waals surface area contributed by atoms with Gasteiger partial charge in [-0.05, 0) is 37.8 Å². The molecule has 1 saturated heterocycles. The molecule has 27 heavy (non-hydrogen) atoms. The van der Waals surface area contributed by atoms with E-state index in [4.69, 9.17) is 0 Å². The van der Waals surface area contributed by atoms with E-state index in [1.165, 1.54) is 12.8 Å². The average molecular weight is 360 g/mol.